The average molecular weight is 224 g/mol. The first kappa shape index (κ1) is 11.0. The quantitative estimate of drug-likeness (QED) is 0.583. The summed E-state index contributed by atoms with van der Waals surface area (Å²) < 4.78 is 37.8. The summed E-state index contributed by atoms with van der Waals surface area (Å²) in [6.45, 7) is 0. The van der Waals surface area contributed by atoms with Gasteiger partial charge in [0, 0.05) is 12.1 Å². The normalized spacial score (nSPS) is 10.6. The van der Waals surface area contributed by atoms with Crippen molar-refractivity contribution in [3.05, 3.63) is 28.8 Å². The van der Waals surface area contributed by atoms with Gasteiger partial charge in [-0.25, -0.2) is 18.2 Å². The maximum Gasteiger partial charge on any atom is 0.267 e. The summed E-state index contributed by atoms with van der Waals surface area (Å²) in [7, 11) is 0. The number of aromatic nitrogens is 1. The SMILES string of the molecule is O=Cc1ncc(CCl)c(C(F)F)c1F. The smallest absolute Gasteiger partial charge is 0.267 e. The second-order valence-electron chi connectivity index (χ2n) is 2.45. The van der Waals surface area contributed by atoms with Crippen molar-refractivity contribution in [1.29, 1.82) is 0 Å². The van der Waals surface area contributed by atoms with Crippen LogP contribution in [0, 0.1) is 5.82 Å². The van der Waals surface area contributed by atoms with Gasteiger partial charge in [0.1, 0.15) is 5.69 Å². The van der Waals surface area contributed by atoms with E-state index in [-0.39, 0.29) is 17.7 Å². The minimum atomic E-state index is -3.01. The van der Waals surface area contributed by atoms with Gasteiger partial charge < -0.3 is 0 Å². The molecule has 0 saturated heterocycles. The predicted molar refractivity (Wildman–Crippen MR) is 44.1 cm³/mol. The summed E-state index contributed by atoms with van der Waals surface area (Å²) in [5, 5.41) is 0. The molecule has 0 spiro atoms. The molecule has 0 saturated carbocycles. The molecule has 0 fully saturated rings. The number of rotatable bonds is 3. The van der Waals surface area contributed by atoms with Gasteiger partial charge in [0.25, 0.3) is 6.43 Å². The molecule has 14 heavy (non-hydrogen) atoms. The third-order valence-electron chi connectivity index (χ3n) is 1.64. The highest BCUT2D eigenvalue weighted by Crippen LogP contribution is 2.27. The van der Waals surface area contributed by atoms with Crippen LogP contribution in [-0.4, -0.2) is 11.3 Å². The molecule has 0 radical (unpaired) electrons. The average Bonchev–Trinajstić information content (AvgIpc) is 2.16. The summed E-state index contributed by atoms with van der Waals surface area (Å²) in [6, 6.07) is 0. The number of alkyl halides is 3. The summed E-state index contributed by atoms with van der Waals surface area (Å²) >= 11 is 5.32. The minimum absolute atomic E-state index is 0.0826. The molecule has 2 nitrogen and oxygen atoms in total. The summed E-state index contributed by atoms with van der Waals surface area (Å²) in [4.78, 5) is 13.6. The van der Waals surface area contributed by atoms with Crippen molar-refractivity contribution in [3.8, 4) is 0 Å². The maximum atomic E-state index is 13.1. The van der Waals surface area contributed by atoms with Crippen LogP contribution in [-0.2, 0) is 5.88 Å². The fourth-order valence-corrected chi connectivity index (χ4v) is 1.19. The van der Waals surface area contributed by atoms with Crippen LogP contribution in [0.2, 0.25) is 0 Å². The molecule has 1 rings (SSSR count). The van der Waals surface area contributed by atoms with Gasteiger partial charge in [-0.1, -0.05) is 0 Å². The van der Waals surface area contributed by atoms with Crippen molar-refractivity contribution in [2.24, 2.45) is 0 Å². The summed E-state index contributed by atoms with van der Waals surface area (Å²) in [5.74, 6) is -1.57. The zero-order chi connectivity index (χ0) is 10.7. The van der Waals surface area contributed by atoms with E-state index in [1.54, 1.807) is 0 Å². The molecule has 0 N–H and O–H groups in total. The lowest BCUT2D eigenvalue weighted by Crippen LogP contribution is -2.04. The van der Waals surface area contributed by atoms with Crippen LogP contribution in [0.15, 0.2) is 6.20 Å². The molecule has 76 valence electrons. The second kappa shape index (κ2) is 4.41. The molecule has 0 aliphatic rings. The second-order valence-corrected chi connectivity index (χ2v) is 2.72. The summed E-state index contributed by atoms with van der Waals surface area (Å²) in [5.41, 5.74) is -1.59. The van der Waals surface area contributed by atoms with Gasteiger partial charge in [-0.2, -0.15) is 0 Å². The zero-order valence-corrected chi connectivity index (χ0v) is 7.56. The zero-order valence-electron chi connectivity index (χ0n) is 6.81. The van der Waals surface area contributed by atoms with E-state index in [9.17, 15) is 18.0 Å². The lowest BCUT2D eigenvalue weighted by atomic mass is 10.1. The Balaban J connectivity index is 3.38. The Hall–Kier alpha value is -1.10. The van der Waals surface area contributed by atoms with E-state index in [1.807, 2.05) is 0 Å². The molecule has 0 atom stereocenters. The monoisotopic (exact) mass is 223 g/mol. The number of aldehydes is 1. The van der Waals surface area contributed by atoms with Crippen LogP contribution >= 0.6 is 11.6 Å². The maximum absolute atomic E-state index is 13.1. The van der Waals surface area contributed by atoms with Crippen molar-refractivity contribution in [1.82, 2.24) is 4.98 Å². The van der Waals surface area contributed by atoms with Crippen molar-refractivity contribution >= 4 is 17.9 Å². The van der Waals surface area contributed by atoms with E-state index >= 15 is 0 Å². The van der Waals surface area contributed by atoms with E-state index in [0.29, 0.717) is 0 Å². The highest BCUT2D eigenvalue weighted by atomic mass is 35.5. The molecule has 0 bridgehead atoms. The molecule has 0 amide bonds. The lowest BCUT2D eigenvalue weighted by molar-refractivity contribution is 0.111. The molecule has 1 heterocycles. The van der Waals surface area contributed by atoms with Crippen LogP contribution in [0.4, 0.5) is 13.2 Å². The number of carbonyl (C=O) groups excluding carboxylic acids is 1. The van der Waals surface area contributed by atoms with Crippen molar-refractivity contribution in [2.45, 2.75) is 12.3 Å². The van der Waals surface area contributed by atoms with Crippen LogP contribution < -0.4 is 0 Å². The Morgan fingerprint density at radius 1 is 1.57 bits per heavy atom. The van der Waals surface area contributed by atoms with Gasteiger partial charge >= 0.3 is 0 Å². The molecule has 0 aromatic carbocycles. The topological polar surface area (TPSA) is 30.0 Å². The largest absolute Gasteiger partial charge is 0.296 e. The van der Waals surface area contributed by atoms with Gasteiger partial charge in [0.2, 0.25) is 0 Å². The van der Waals surface area contributed by atoms with Gasteiger partial charge in [0.15, 0.2) is 12.1 Å². The number of hydrogen-bond donors (Lipinski definition) is 0. The molecular formula is C8H5ClF3NO. The molecule has 0 aliphatic carbocycles. The molecule has 1 aromatic rings. The first-order valence-electron chi connectivity index (χ1n) is 3.58. The summed E-state index contributed by atoms with van der Waals surface area (Å²) in [6.07, 6.45) is -1.95. The Morgan fingerprint density at radius 3 is 2.64 bits per heavy atom. The Kier molecular flexibility index (Phi) is 3.46. The highest BCUT2D eigenvalue weighted by Gasteiger charge is 2.21. The fraction of sp³-hybridized carbons (Fsp3) is 0.250. The first-order valence-corrected chi connectivity index (χ1v) is 4.11. The fourth-order valence-electron chi connectivity index (χ4n) is 0.977. The van der Waals surface area contributed by atoms with E-state index in [0.717, 1.165) is 6.20 Å². The Bertz CT molecular complexity index is 357. The number of carbonyl (C=O) groups is 1. The first-order chi connectivity index (χ1) is 6.61. The van der Waals surface area contributed by atoms with Gasteiger partial charge in [-0.15, -0.1) is 11.6 Å². The minimum Gasteiger partial charge on any atom is -0.296 e. The van der Waals surface area contributed by atoms with Crippen molar-refractivity contribution in [2.75, 3.05) is 0 Å². The highest BCUT2D eigenvalue weighted by molar-refractivity contribution is 6.17. The standard InChI is InChI=1S/C8H5ClF3NO/c9-1-4-2-13-5(3-14)7(10)6(4)8(11)12/h2-3,8H,1H2. The lowest BCUT2D eigenvalue weighted by Gasteiger charge is -2.07. The third kappa shape index (κ3) is 1.87. The molecule has 0 aliphatic heterocycles. The number of halogens is 4. The Labute approximate surface area is 82.7 Å². The molecular weight excluding hydrogens is 219 g/mol. The van der Waals surface area contributed by atoms with E-state index in [2.05, 4.69) is 4.98 Å². The molecule has 6 heteroatoms. The van der Waals surface area contributed by atoms with E-state index in [4.69, 9.17) is 11.6 Å². The predicted octanol–water partition coefficient (Wildman–Crippen LogP) is 2.71. The molecule has 1 aromatic heterocycles. The van der Waals surface area contributed by atoms with E-state index in [1.165, 1.54) is 0 Å². The number of nitrogens with zero attached hydrogens (tertiary/aromatic N) is 1. The Morgan fingerprint density at radius 2 is 2.21 bits per heavy atom. The van der Waals surface area contributed by atoms with Crippen LogP contribution in [0.1, 0.15) is 28.0 Å². The third-order valence-corrected chi connectivity index (χ3v) is 1.93. The van der Waals surface area contributed by atoms with Gasteiger partial charge in [-0.3, -0.25) is 4.79 Å². The van der Waals surface area contributed by atoms with Crippen molar-refractivity contribution in [3.63, 3.8) is 0 Å². The van der Waals surface area contributed by atoms with Crippen LogP contribution in [0.25, 0.3) is 0 Å². The van der Waals surface area contributed by atoms with E-state index < -0.39 is 23.5 Å². The number of hydrogen-bond acceptors (Lipinski definition) is 2. The van der Waals surface area contributed by atoms with Crippen molar-refractivity contribution < 1.29 is 18.0 Å². The van der Waals surface area contributed by atoms with Gasteiger partial charge in [0.05, 0.1) is 5.56 Å². The molecule has 0 unspecified atom stereocenters. The van der Waals surface area contributed by atoms with Crippen LogP contribution in [0.5, 0.6) is 0 Å². The number of pyridine rings is 1. The van der Waals surface area contributed by atoms with Gasteiger partial charge in [-0.05, 0) is 5.56 Å². The van der Waals surface area contributed by atoms with Crippen LogP contribution in [0.3, 0.4) is 0 Å².